The van der Waals surface area contributed by atoms with Crippen LogP contribution in [0.2, 0.25) is 0 Å². The lowest BCUT2D eigenvalue weighted by Gasteiger charge is -2.21. The van der Waals surface area contributed by atoms with Crippen molar-refractivity contribution in [2.24, 2.45) is 0 Å². The number of hydrogen-bond acceptors (Lipinski definition) is 5. The van der Waals surface area contributed by atoms with Gasteiger partial charge in [-0.05, 0) is 31.5 Å². The standard InChI is InChI=1S/C15H17N3O5/c1-10-5-6-11(18(21)22)8-12(10)17-14(19)16-9-15(2,20)13-4-3-7-23-13/h3-8,20H,9H2,1-2H3,(H2,16,17,19). The molecule has 8 nitrogen and oxygen atoms in total. The van der Waals surface area contributed by atoms with Gasteiger partial charge in [-0.25, -0.2) is 4.79 Å². The second kappa shape index (κ2) is 6.49. The van der Waals surface area contributed by atoms with Crippen LogP contribution in [0.5, 0.6) is 0 Å². The largest absolute Gasteiger partial charge is 0.466 e. The molecule has 1 aromatic heterocycles. The molecule has 0 aliphatic heterocycles. The molecule has 23 heavy (non-hydrogen) atoms. The second-order valence-electron chi connectivity index (χ2n) is 5.32. The fourth-order valence-electron chi connectivity index (χ4n) is 1.95. The predicted molar refractivity (Wildman–Crippen MR) is 83.1 cm³/mol. The van der Waals surface area contributed by atoms with Crippen molar-refractivity contribution in [1.29, 1.82) is 0 Å². The van der Waals surface area contributed by atoms with Gasteiger partial charge in [0.15, 0.2) is 0 Å². The highest BCUT2D eigenvalue weighted by Gasteiger charge is 2.26. The van der Waals surface area contributed by atoms with E-state index in [9.17, 15) is 20.0 Å². The molecular weight excluding hydrogens is 302 g/mol. The lowest BCUT2D eigenvalue weighted by Crippen LogP contribution is -2.40. The number of amides is 2. The van der Waals surface area contributed by atoms with E-state index >= 15 is 0 Å². The van der Waals surface area contributed by atoms with Gasteiger partial charge < -0.3 is 20.2 Å². The number of urea groups is 1. The van der Waals surface area contributed by atoms with Crippen molar-refractivity contribution < 1.29 is 19.2 Å². The molecule has 0 saturated carbocycles. The zero-order valence-electron chi connectivity index (χ0n) is 12.7. The van der Waals surface area contributed by atoms with Crippen molar-refractivity contribution in [1.82, 2.24) is 5.32 Å². The maximum atomic E-state index is 11.9. The third kappa shape index (κ3) is 4.07. The Morgan fingerprint density at radius 2 is 2.17 bits per heavy atom. The van der Waals surface area contributed by atoms with E-state index < -0.39 is 16.6 Å². The van der Waals surface area contributed by atoms with Crippen molar-refractivity contribution in [3.05, 3.63) is 58.0 Å². The average Bonchev–Trinajstić information content (AvgIpc) is 3.02. The molecule has 8 heteroatoms. The molecule has 2 aromatic rings. The van der Waals surface area contributed by atoms with Crippen LogP contribution >= 0.6 is 0 Å². The number of carbonyl (C=O) groups excluding carboxylic acids is 1. The van der Waals surface area contributed by atoms with Gasteiger partial charge in [-0.1, -0.05) is 6.07 Å². The summed E-state index contributed by atoms with van der Waals surface area (Å²) in [7, 11) is 0. The van der Waals surface area contributed by atoms with Crippen molar-refractivity contribution in [3.63, 3.8) is 0 Å². The van der Waals surface area contributed by atoms with E-state index in [0.717, 1.165) is 0 Å². The minimum absolute atomic E-state index is 0.0830. The zero-order valence-corrected chi connectivity index (χ0v) is 12.7. The van der Waals surface area contributed by atoms with Crippen LogP contribution in [0.3, 0.4) is 0 Å². The average molecular weight is 319 g/mol. The lowest BCUT2D eigenvalue weighted by atomic mass is 10.0. The highest BCUT2D eigenvalue weighted by molar-refractivity contribution is 5.90. The molecule has 0 spiro atoms. The van der Waals surface area contributed by atoms with Gasteiger partial charge in [0.2, 0.25) is 0 Å². The van der Waals surface area contributed by atoms with Crippen LogP contribution in [0.25, 0.3) is 0 Å². The number of carbonyl (C=O) groups is 1. The Kier molecular flexibility index (Phi) is 4.65. The Morgan fingerprint density at radius 1 is 1.43 bits per heavy atom. The van der Waals surface area contributed by atoms with Gasteiger partial charge in [-0.3, -0.25) is 10.1 Å². The van der Waals surface area contributed by atoms with Crippen LogP contribution in [-0.2, 0) is 5.60 Å². The highest BCUT2D eigenvalue weighted by atomic mass is 16.6. The molecule has 1 unspecified atom stereocenters. The Balaban J connectivity index is 2.00. The van der Waals surface area contributed by atoms with E-state index in [-0.39, 0.29) is 12.2 Å². The van der Waals surface area contributed by atoms with Crippen molar-refractivity contribution in [3.8, 4) is 0 Å². The van der Waals surface area contributed by atoms with Gasteiger partial charge in [-0.15, -0.1) is 0 Å². The minimum Gasteiger partial charge on any atom is -0.466 e. The van der Waals surface area contributed by atoms with E-state index in [1.54, 1.807) is 25.1 Å². The van der Waals surface area contributed by atoms with Gasteiger partial charge in [0, 0.05) is 12.1 Å². The molecule has 2 amide bonds. The number of nitro benzene ring substituents is 1. The number of nitrogens with one attached hydrogen (secondary N) is 2. The van der Waals surface area contributed by atoms with Crippen LogP contribution in [0, 0.1) is 17.0 Å². The Bertz CT molecular complexity index is 710. The summed E-state index contributed by atoms with van der Waals surface area (Å²) in [5, 5.41) is 26.0. The Labute approximate surface area is 132 Å². The molecule has 0 aliphatic carbocycles. The molecule has 1 aromatic carbocycles. The number of aryl methyl sites for hydroxylation is 1. The summed E-state index contributed by atoms with van der Waals surface area (Å²) in [6.07, 6.45) is 1.43. The number of hydrogen-bond donors (Lipinski definition) is 3. The summed E-state index contributed by atoms with van der Waals surface area (Å²) >= 11 is 0. The topological polar surface area (TPSA) is 118 Å². The maximum absolute atomic E-state index is 11.9. The zero-order chi connectivity index (χ0) is 17.0. The van der Waals surface area contributed by atoms with Gasteiger partial charge in [0.1, 0.15) is 11.4 Å². The van der Waals surface area contributed by atoms with E-state index in [1.807, 2.05) is 0 Å². The smallest absolute Gasteiger partial charge is 0.319 e. The number of non-ortho nitro benzene ring substituents is 1. The number of furan rings is 1. The monoisotopic (exact) mass is 319 g/mol. The summed E-state index contributed by atoms with van der Waals surface area (Å²) in [6.45, 7) is 3.14. The predicted octanol–water partition coefficient (Wildman–Crippen LogP) is 2.53. The third-order valence-electron chi connectivity index (χ3n) is 3.33. The number of benzene rings is 1. The van der Waals surface area contributed by atoms with Crippen molar-refractivity contribution in [2.75, 3.05) is 11.9 Å². The van der Waals surface area contributed by atoms with Crippen LogP contribution in [-0.4, -0.2) is 22.6 Å². The van der Waals surface area contributed by atoms with Crippen LogP contribution in [0.15, 0.2) is 41.0 Å². The van der Waals surface area contributed by atoms with Crippen molar-refractivity contribution in [2.45, 2.75) is 19.4 Å². The van der Waals surface area contributed by atoms with E-state index in [2.05, 4.69) is 10.6 Å². The molecule has 2 rings (SSSR count). The normalized spacial score (nSPS) is 13.2. The summed E-state index contributed by atoms with van der Waals surface area (Å²) in [5.74, 6) is 0.323. The number of aliphatic hydroxyl groups is 1. The maximum Gasteiger partial charge on any atom is 0.319 e. The summed E-state index contributed by atoms with van der Waals surface area (Å²) in [5.41, 5.74) is -0.468. The van der Waals surface area contributed by atoms with Gasteiger partial charge in [-0.2, -0.15) is 0 Å². The molecule has 122 valence electrons. The van der Waals surface area contributed by atoms with Gasteiger partial charge in [0.25, 0.3) is 5.69 Å². The molecule has 1 atom stereocenters. The lowest BCUT2D eigenvalue weighted by molar-refractivity contribution is -0.384. The molecule has 0 bridgehead atoms. The first kappa shape index (κ1) is 16.5. The number of rotatable bonds is 5. The molecule has 0 aliphatic rings. The first-order valence-corrected chi connectivity index (χ1v) is 6.86. The molecule has 0 radical (unpaired) electrons. The minimum atomic E-state index is -1.36. The molecule has 3 N–H and O–H groups in total. The van der Waals surface area contributed by atoms with E-state index in [4.69, 9.17) is 4.42 Å². The quantitative estimate of drug-likeness (QED) is 0.578. The number of anilines is 1. The fourth-order valence-corrected chi connectivity index (χ4v) is 1.95. The van der Waals surface area contributed by atoms with Crippen LogP contribution in [0.4, 0.5) is 16.2 Å². The molecular formula is C15H17N3O5. The van der Waals surface area contributed by atoms with E-state index in [0.29, 0.717) is 17.0 Å². The second-order valence-corrected chi connectivity index (χ2v) is 5.32. The van der Waals surface area contributed by atoms with Gasteiger partial charge in [0.05, 0.1) is 23.4 Å². The first-order valence-electron chi connectivity index (χ1n) is 6.86. The number of nitrogens with zero attached hydrogens (tertiary/aromatic N) is 1. The van der Waals surface area contributed by atoms with Crippen molar-refractivity contribution >= 4 is 17.4 Å². The van der Waals surface area contributed by atoms with E-state index in [1.165, 1.54) is 25.3 Å². The fraction of sp³-hybridized carbons (Fsp3) is 0.267. The summed E-state index contributed by atoms with van der Waals surface area (Å²) < 4.78 is 5.11. The molecule has 0 saturated heterocycles. The number of nitro groups is 1. The Hall–Kier alpha value is -2.87. The van der Waals surface area contributed by atoms with Crippen LogP contribution in [0.1, 0.15) is 18.2 Å². The summed E-state index contributed by atoms with van der Waals surface area (Å²) in [6, 6.07) is 6.84. The first-order chi connectivity index (χ1) is 10.8. The Morgan fingerprint density at radius 3 is 2.78 bits per heavy atom. The summed E-state index contributed by atoms with van der Waals surface area (Å²) in [4.78, 5) is 22.2. The van der Waals surface area contributed by atoms with Gasteiger partial charge >= 0.3 is 6.03 Å². The third-order valence-corrected chi connectivity index (χ3v) is 3.33. The molecule has 0 fully saturated rings. The highest BCUT2D eigenvalue weighted by Crippen LogP contribution is 2.22. The SMILES string of the molecule is Cc1ccc([N+](=O)[O-])cc1NC(=O)NCC(C)(O)c1ccco1. The molecule has 1 heterocycles. The van der Waals surface area contributed by atoms with Crippen LogP contribution < -0.4 is 10.6 Å².